The number of aryl methyl sites for hydroxylation is 2. The van der Waals surface area contributed by atoms with Crippen molar-refractivity contribution >= 4 is 0 Å². The Kier molecular flexibility index (Phi) is 4.39. The van der Waals surface area contributed by atoms with E-state index < -0.39 is 0 Å². The number of benzene rings is 1. The van der Waals surface area contributed by atoms with Gasteiger partial charge in [-0.25, -0.2) is 9.97 Å². The molecule has 4 rings (SSSR count). The first-order chi connectivity index (χ1) is 12.7. The highest BCUT2D eigenvalue weighted by Crippen LogP contribution is 2.31. The van der Waals surface area contributed by atoms with E-state index in [1.54, 1.807) is 6.33 Å². The van der Waals surface area contributed by atoms with Crippen molar-refractivity contribution in [2.24, 2.45) is 0 Å². The topological polar surface area (TPSA) is 64.3 Å². The van der Waals surface area contributed by atoms with Gasteiger partial charge in [-0.05, 0) is 13.8 Å². The van der Waals surface area contributed by atoms with Gasteiger partial charge in [-0.15, -0.1) is 0 Å². The number of nitrogens with one attached hydrogen (secondary N) is 1. The van der Waals surface area contributed by atoms with Crippen molar-refractivity contribution in [1.29, 1.82) is 0 Å². The summed E-state index contributed by atoms with van der Waals surface area (Å²) in [6.07, 6.45) is 10.4. The van der Waals surface area contributed by atoms with Crippen molar-refractivity contribution in [3.63, 3.8) is 0 Å². The fraction of sp³-hybridized carbons (Fsp3) is 0.250. The molecule has 4 aromatic rings. The summed E-state index contributed by atoms with van der Waals surface area (Å²) < 4.78 is 4.18. The lowest BCUT2D eigenvalue weighted by Crippen LogP contribution is -2.03. The van der Waals surface area contributed by atoms with Crippen LogP contribution in [0.3, 0.4) is 0 Å². The van der Waals surface area contributed by atoms with E-state index >= 15 is 0 Å². The summed E-state index contributed by atoms with van der Waals surface area (Å²) in [7, 11) is 0. The van der Waals surface area contributed by atoms with Crippen LogP contribution < -0.4 is 0 Å². The van der Waals surface area contributed by atoms with Crippen molar-refractivity contribution in [1.82, 2.24) is 29.3 Å². The lowest BCUT2D eigenvalue weighted by molar-refractivity contribution is 0.532. The first kappa shape index (κ1) is 16.3. The third-order valence-corrected chi connectivity index (χ3v) is 4.47. The smallest absolute Gasteiger partial charge is 0.0964 e. The lowest BCUT2D eigenvalue weighted by Gasteiger charge is -2.09. The summed E-state index contributed by atoms with van der Waals surface area (Å²) in [5.74, 6) is 0. The zero-order valence-corrected chi connectivity index (χ0v) is 15.0. The standard InChI is InChI=1S/C20H22N6/c1-15(2)26-12-17(10-24-26)20-19(16-6-4-3-5-7-16)23-14-25(20)9-8-18-11-21-13-22-18/h3-7,10-15H,8-9H2,1-2H3,(H,21,22). The maximum atomic E-state index is 4.72. The number of hydrogen-bond acceptors (Lipinski definition) is 3. The Balaban J connectivity index is 1.75. The quantitative estimate of drug-likeness (QED) is 0.575. The summed E-state index contributed by atoms with van der Waals surface area (Å²) >= 11 is 0. The van der Waals surface area contributed by atoms with E-state index in [0.717, 1.165) is 41.2 Å². The summed E-state index contributed by atoms with van der Waals surface area (Å²) in [5.41, 5.74) is 5.39. The number of H-pyrrole nitrogens is 1. The molecule has 0 aliphatic carbocycles. The van der Waals surface area contributed by atoms with Crippen LogP contribution in [0.4, 0.5) is 0 Å². The van der Waals surface area contributed by atoms with Gasteiger partial charge >= 0.3 is 0 Å². The minimum atomic E-state index is 0.324. The monoisotopic (exact) mass is 346 g/mol. The van der Waals surface area contributed by atoms with Crippen LogP contribution in [-0.2, 0) is 13.0 Å². The molecule has 0 atom stereocenters. The van der Waals surface area contributed by atoms with Crippen molar-refractivity contribution in [3.8, 4) is 22.5 Å². The van der Waals surface area contributed by atoms with Crippen molar-refractivity contribution < 1.29 is 0 Å². The van der Waals surface area contributed by atoms with Crippen LogP contribution in [-0.4, -0.2) is 29.3 Å². The van der Waals surface area contributed by atoms with Crippen LogP contribution in [0.5, 0.6) is 0 Å². The second kappa shape index (κ2) is 7.00. The van der Waals surface area contributed by atoms with E-state index in [2.05, 4.69) is 51.8 Å². The maximum Gasteiger partial charge on any atom is 0.0964 e. The first-order valence-electron chi connectivity index (χ1n) is 8.84. The predicted molar refractivity (Wildman–Crippen MR) is 102 cm³/mol. The molecule has 0 aliphatic heterocycles. The zero-order chi connectivity index (χ0) is 17.9. The average Bonchev–Trinajstić information content (AvgIpc) is 3.40. The van der Waals surface area contributed by atoms with Crippen LogP contribution >= 0.6 is 0 Å². The van der Waals surface area contributed by atoms with Crippen LogP contribution in [0.1, 0.15) is 25.6 Å². The van der Waals surface area contributed by atoms with Gasteiger partial charge in [-0.2, -0.15) is 5.10 Å². The van der Waals surface area contributed by atoms with E-state index in [-0.39, 0.29) is 0 Å². The van der Waals surface area contributed by atoms with Crippen molar-refractivity contribution in [2.45, 2.75) is 32.9 Å². The maximum absolute atomic E-state index is 4.72. The molecular formula is C20H22N6. The van der Waals surface area contributed by atoms with E-state index in [9.17, 15) is 0 Å². The van der Waals surface area contributed by atoms with Crippen LogP contribution in [0.2, 0.25) is 0 Å². The minimum Gasteiger partial charge on any atom is -0.348 e. The van der Waals surface area contributed by atoms with Gasteiger partial charge in [0.05, 0.1) is 30.2 Å². The fourth-order valence-electron chi connectivity index (χ4n) is 3.07. The average molecular weight is 346 g/mol. The Labute approximate surface area is 152 Å². The zero-order valence-electron chi connectivity index (χ0n) is 15.0. The molecular weight excluding hydrogens is 324 g/mol. The molecule has 0 aliphatic rings. The van der Waals surface area contributed by atoms with Crippen molar-refractivity contribution in [2.75, 3.05) is 0 Å². The van der Waals surface area contributed by atoms with Gasteiger partial charge in [0.1, 0.15) is 0 Å². The molecule has 3 aromatic heterocycles. The molecule has 0 bridgehead atoms. The number of rotatable bonds is 6. The summed E-state index contributed by atoms with van der Waals surface area (Å²) in [6, 6.07) is 10.6. The SMILES string of the molecule is CC(C)n1cc(-c2c(-c3ccccc3)ncn2CCc2cnc[nH]2)cn1. The Hall–Kier alpha value is -3.15. The molecule has 0 radical (unpaired) electrons. The Morgan fingerprint density at radius 1 is 1.08 bits per heavy atom. The van der Waals surface area contributed by atoms with Gasteiger partial charge in [0, 0.05) is 48.2 Å². The highest BCUT2D eigenvalue weighted by atomic mass is 15.3. The Morgan fingerprint density at radius 3 is 2.62 bits per heavy atom. The van der Waals surface area contributed by atoms with E-state index in [4.69, 9.17) is 4.98 Å². The molecule has 0 fully saturated rings. The van der Waals surface area contributed by atoms with E-state index in [1.165, 1.54) is 0 Å². The van der Waals surface area contributed by atoms with E-state index in [1.807, 2.05) is 41.6 Å². The molecule has 0 spiro atoms. The first-order valence-corrected chi connectivity index (χ1v) is 8.84. The van der Waals surface area contributed by atoms with Crippen molar-refractivity contribution in [3.05, 3.63) is 67.3 Å². The summed E-state index contributed by atoms with van der Waals surface area (Å²) in [4.78, 5) is 12.0. The number of imidazole rings is 2. The number of nitrogens with zero attached hydrogens (tertiary/aromatic N) is 5. The molecule has 6 heteroatoms. The van der Waals surface area contributed by atoms with Gasteiger partial charge in [0.25, 0.3) is 0 Å². The van der Waals surface area contributed by atoms with Crippen LogP contribution in [0.15, 0.2) is 61.6 Å². The molecule has 0 amide bonds. The molecule has 3 heterocycles. The van der Waals surface area contributed by atoms with Gasteiger partial charge in [0.15, 0.2) is 0 Å². The molecule has 0 unspecified atom stereocenters. The molecule has 6 nitrogen and oxygen atoms in total. The van der Waals surface area contributed by atoms with E-state index in [0.29, 0.717) is 6.04 Å². The number of hydrogen-bond donors (Lipinski definition) is 1. The lowest BCUT2D eigenvalue weighted by atomic mass is 10.1. The summed E-state index contributed by atoms with van der Waals surface area (Å²) in [6.45, 7) is 5.08. The summed E-state index contributed by atoms with van der Waals surface area (Å²) in [5, 5.41) is 4.52. The highest BCUT2D eigenvalue weighted by molar-refractivity contribution is 5.78. The molecule has 0 saturated carbocycles. The molecule has 0 saturated heterocycles. The predicted octanol–water partition coefficient (Wildman–Crippen LogP) is 3.96. The Morgan fingerprint density at radius 2 is 1.92 bits per heavy atom. The second-order valence-corrected chi connectivity index (χ2v) is 6.63. The van der Waals surface area contributed by atoms with Gasteiger partial charge in [-0.1, -0.05) is 30.3 Å². The molecule has 132 valence electrons. The highest BCUT2D eigenvalue weighted by Gasteiger charge is 2.17. The normalized spacial score (nSPS) is 11.3. The molecule has 1 aromatic carbocycles. The Bertz CT molecular complexity index is 963. The minimum absolute atomic E-state index is 0.324. The largest absolute Gasteiger partial charge is 0.348 e. The number of aromatic amines is 1. The molecule has 1 N–H and O–H groups in total. The molecule has 26 heavy (non-hydrogen) atoms. The van der Waals surface area contributed by atoms with Gasteiger partial charge < -0.3 is 9.55 Å². The third kappa shape index (κ3) is 3.18. The number of aromatic nitrogens is 6. The third-order valence-electron chi connectivity index (χ3n) is 4.47. The van der Waals surface area contributed by atoms with Crippen LogP contribution in [0, 0.1) is 0 Å². The van der Waals surface area contributed by atoms with Gasteiger partial charge in [-0.3, -0.25) is 4.68 Å². The fourth-order valence-corrected chi connectivity index (χ4v) is 3.07. The van der Waals surface area contributed by atoms with Gasteiger partial charge in [0.2, 0.25) is 0 Å². The second-order valence-electron chi connectivity index (χ2n) is 6.63. The van der Waals surface area contributed by atoms with Crippen LogP contribution in [0.25, 0.3) is 22.5 Å².